The Morgan fingerprint density at radius 2 is 1.12 bits per heavy atom. The van der Waals surface area contributed by atoms with E-state index in [2.05, 4.69) is 81.4 Å². The van der Waals surface area contributed by atoms with E-state index in [1.165, 1.54) is 108 Å². The molecular weight excluding hydrogens is 795 g/mol. The zero-order valence-corrected chi connectivity index (χ0v) is 43.5. The second-order valence-corrected chi connectivity index (χ2v) is 23.0. The first-order valence-corrected chi connectivity index (χ1v) is 27.1. The van der Waals surface area contributed by atoms with Gasteiger partial charge in [0.2, 0.25) is 0 Å². The minimum atomic E-state index is -0.222. The van der Waals surface area contributed by atoms with Crippen molar-refractivity contribution in [2.75, 3.05) is 32.8 Å². The van der Waals surface area contributed by atoms with Crippen LogP contribution in [0.15, 0.2) is 23.3 Å². The fraction of sp³-hybridized carbons (Fsp3) is 0.877. The van der Waals surface area contributed by atoms with Crippen LogP contribution in [0.25, 0.3) is 0 Å². The SMILES string of the molecule is CC(C)CCCCCCCOC(=O)CCN(CCC(=O)OCCCCCCCC(C)C)CCC(=O)O[C@H]1CCC(C)(C)/C(=C/C=C2\CCC[C@@]3(C)C2CC[C@@H]3[C@H](C)CCCC(C)C)C1. The fourth-order valence-corrected chi connectivity index (χ4v) is 11.4. The van der Waals surface area contributed by atoms with Gasteiger partial charge in [0.05, 0.1) is 32.5 Å². The molecule has 0 aromatic heterocycles. The Morgan fingerprint density at radius 1 is 0.609 bits per heavy atom. The fourth-order valence-electron chi connectivity index (χ4n) is 11.4. The first-order valence-electron chi connectivity index (χ1n) is 27.1. The molecule has 3 rings (SSSR count). The summed E-state index contributed by atoms with van der Waals surface area (Å²) in [6, 6.07) is 0. The second kappa shape index (κ2) is 30.3. The molecule has 5 atom stereocenters. The Hall–Kier alpha value is -2.15. The number of carbonyl (C=O) groups excluding carboxylic acids is 3. The van der Waals surface area contributed by atoms with Gasteiger partial charge in [-0.15, -0.1) is 0 Å². The molecular formula is C57H101NO6. The van der Waals surface area contributed by atoms with Crippen LogP contribution in [-0.4, -0.2) is 61.8 Å². The van der Waals surface area contributed by atoms with E-state index in [1.807, 2.05) is 4.90 Å². The molecule has 0 saturated heterocycles. The molecule has 3 aliphatic rings. The van der Waals surface area contributed by atoms with Crippen LogP contribution in [0, 0.1) is 46.3 Å². The minimum absolute atomic E-state index is 0.0714. The van der Waals surface area contributed by atoms with E-state index in [-0.39, 0.29) is 48.7 Å². The van der Waals surface area contributed by atoms with E-state index in [0.717, 1.165) is 74.5 Å². The van der Waals surface area contributed by atoms with Crippen LogP contribution in [0.5, 0.6) is 0 Å². The lowest BCUT2D eigenvalue weighted by Crippen LogP contribution is -2.36. The minimum Gasteiger partial charge on any atom is -0.466 e. The number of esters is 3. The Labute approximate surface area is 394 Å². The normalized spacial score (nSPS) is 23.9. The summed E-state index contributed by atoms with van der Waals surface area (Å²) in [5.41, 5.74) is 3.53. The molecule has 0 aromatic rings. The van der Waals surface area contributed by atoms with Crippen LogP contribution in [0.1, 0.15) is 236 Å². The lowest BCUT2D eigenvalue weighted by atomic mass is 9.60. The van der Waals surface area contributed by atoms with Gasteiger partial charge in [-0.25, -0.2) is 0 Å². The first kappa shape index (κ1) is 56.2. The third-order valence-corrected chi connectivity index (χ3v) is 15.6. The molecule has 7 heteroatoms. The predicted octanol–water partition coefficient (Wildman–Crippen LogP) is 15.2. The number of hydrogen-bond donors (Lipinski definition) is 0. The molecule has 3 fully saturated rings. The highest BCUT2D eigenvalue weighted by atomic mass is 16.5. The van der Waals surface area contributed by atoms with Crippen LogP contribution >= 0.6 is 0 Å². The molecule has 64 heavy (non-hydrogen) atoms. The largest absolute Gasteiger partial charge is 0.466 e. The number of rotatable bonds is 32. The average Bonchev–Trinajstić information content (AvgIpc) is 3.59. The summed E-state index contributed by atoms with van der Waals surface area (Å²) < 4.78 is 17.4. The van der Waals surface area contributed by atoms with Gasteiger partial charge in [-0.1, -0.05) is 176 Å². The van der Waals surface area contributed by atoms with Crippen molar-refractivity contribution in [1.29, 1.82) is 0 Å². The van der Waals surface area contributed by atoms with Crippen LogP contribution in [0.3, 0.4) is 0 Å². The van der Waals surface area contributed by atoms with E-state index in [4.69, 9.17) is 14.2 Å². The zero-order valence-electron chi connectivity index (χ0n) is 43.5. The third-order valence-electron chi connectivity index (χ3n) is 15.6. The summed E-state index contributed by atoms with van der Waals surface area (Å²) in [4.78, 5) is 41.0. The van der Waals surface area contributed by atoms with Crippen LogP contribution in [-0.2, 0) is 28.6 Å². The monoisotopic (exact) mass is 896 g/mol. The predicted molar refractivity (Wildman–Crippen MR) is 267 cm³/mol. The van der Waals surface area contributed by atoms with Crippen molar-refractivity contribution >= 4 is 17.9 Å². The van der Waals surface area contributed by atoms with Crippen molar-refractivity contribution < 1.29 is 28.6 Å². The van der Waals surface area contributed by atoms with Gasteiger partial charge >= 0.3 is 17.9 Å². The van der Waals surface area contributed by atoms with Gasteiger partial charge in [-0.3, -0.25) is 14.4 Å². The summed E-state index contributed by atoms with van der Waals surface area (Å²) in [7, 11) is 0. The van der Waals surface area contributed by atoms with Crippen molar-refractivity contribution in [3.05, 3.63) is 23.3 Å². The Balaban J connectivity index is 1.52. The number of fused-ring (bicyclic) bond motifs is 1. The third kappa shape index (κ3) is 21.6. The molecule has 3 aliphatic carbocycles. The van der Waals surface area contributed by atoms with Crippen LogP contribution in [0.4, 0.5) is 0 Å². The van der Waals surface area contributed by atoms with Crippen molar-refractivity contribution in [2.24, 2.45) is 46.3 Å². The molecule has 0 spiro atoms. The van der Waals surface area contributed by atoms with Gasteiger partial charge in [-0.2, -0.15) is 0 Å². The molecule has 370 valence electrons. The maximum atomic E-state index is 13.5. The average molecular weight is 896 g/mol. The van der Waals surface area contributed by atoms with Gasteiger partial charge in [0.15, 0.2) is 0 Å². The van der Waals surface area contributed by atoms with E-state index < -0.39 is 0 Å². The lowest BCUT2D eigenvalue weighted by molar-refractivity contribution is -0.150. The van der Waals surface area contributed by atoms with E-state index in [9.17, 15) is 14.4 Å². The van der Waals surface area contributed by atoms with E-state index >= 15 is 0 Å². The quantitative estimate of drug-likeness (QED) is 0.0378. The summed E-state index contributed by atoms with van der Waals surface area (Å²) in [5, 5.41) is 0. The summed E-state index contributed by atoms with van der Waals surface area (Å²) >= 11 is 0. The van der Waals surface area contributed by atoms with Gasteiger partial charge in [-0.05, 0) is 104 Å². The molecule has 7 nitrogen and oxygen atoms in total. The number of nitrogens with zero attached hydrogens (tertiary/aromatic N) is 1. The van der Waals surface area contributed by atoms with Crippen molar-refractivity contribution in [3.8, 4) is 0 Å². The topological polar surface area (TPSA) is 82.1 Å². The lowest BCUT2D eigenvalue weighted by Gasteiger charge is -2.44. The summed E-state index contributed by atoms with van der Waals surface area (Å²) in [6.45, 7) is 25.8. The van der Waals surface area contributed by atoms with Gasteiger partial charge < -0.3 is 19.1 Å². The Bertz CT molecular complexity index is 1360. The van der Waals surface area contributed by atoms with Crippen molar-refractivity contribution in [2.45, 2.75) is 242 Å². The maximum absolute atomic E-state index is 13.5. The standard InChI is InChI=1S/C57H101NO6/c1-44(2)23-17-13-11-15-19-41-62-53(59)33-38-58(39-34-54(60)63-42-20-16-12-14-18-24-45(3)4)40-35-55(61)64-50-32-37-56(8,9)49(43-50)29-28-48-27-22-36-57(10)51(30-31-52(48)57)47(7)26-21-25-46(5)6/h28-29,44-47,50-52H,11-27,30-43H2,1-10H3/b48-28+,49-29+/t47-,50+,51-,52?,57-/m1/s1. The molecule has 1 unspecified atom stereocenters. The molecule has 0 N–H and O–H groups in total. The number of allylic oxidation sites excluding steroid dienone is 3. The maximum Gasteiger partial charge on any atom is 0.307 e. The van der Waals surface area contributed by atoms with E-state index in [1.54, 1.807) is 5.57 Å². The molecule has 0 radical (unpaired) electrons. The van der Waals surface area contributed by atoms with E-state index in [0.29, 0.717) is 44.2 Å². The highest BCUT2D eigenvalue weighted by molar-refractivity contribution is 5.71. The van der Waals surface area contributed by atoms with Crippen molar-refractivity contribution in [1.82, 2.24) is 4.90 Å². The van der Waals surface area contributed by atoms with Gasteiger partial charge in [0, 0.05) is 26.1 Å². The van der Waals surface area contributed by atoms with Crippen LogP contribution in [0.2, 0.25) is 0 Å². The molecule has 0 heterocycles. The van der Waals surface area contributed by atoms with Gasteiger partial charge in [0.25, 0.3) is 0 Å². The summed E-state index contributed by atoms with van der Waals surface area (Å²) in [5.74, 6) is 3.94. The van der Waals surface area contributed by atoms with Crippen LogP contribution < -0.4 is 0 Å². The zero-order chi connectivity index (χ0) is 47.0. The number of unbranched alkanes of at least 4 members (excludes halogenated alkanes) is 8. The number of ether oxygens (including phenoxy) is 3. The highest BCUT2D eigenvalue weighted by Crippen LogP contribution is 2.60. The highest BCUT2D eigenvalue weighted by Gasteiger charge is 2.50. The Morgan fingerprint density at radius 3 is 1.69 bits per heavy atom. The first-order chi connectivity index (χ1) is 30.5. The second-order valence-electron chi connectivity index (χ2n) is 23.0. The Kier molecular flexibility index (Phi) is 26.6. The molecule has 0 bridgehead atoms. The molecule has 3 saturated carbocycles. The summed E-state index contributed by atoms with van der Waals surface area (Å²) in [6.07, 6.45) is 32.5. The molecule has 0 aliphatic heterocycles. The number of carbonyl (C=O) groups is 3. The van der Waals surface area contributed by atoms with Gasteiger partial charge in [0.1, 0.15) is 6.10 Å². The molecule has 0 amide bonds. The van der Waals surface area contributed by atoms with Crippen molar-refractivity contribution in [3.63, 3.8) is 0 Å². The smallest absolute Gasteiger partial charge is 0.307 e. The molecule has 0 aromatic carbocycles. The number of hydrogen-bond acceptors (Lipinski definition) is 7.